The number of aromatic nitrogens is 2. The van der Waals surface area contributed by atoms with E-state index in [0.717, 1.165) is 5.56 Å². The molecule has 2 aromatic carbocycles. The molecule has 144 valence electrons. The second-order valence-electron chi connectivity index (χ2n) is 6.13. The molecule has 0 radical (unpaired) electrons. The molecule has 0 saturated heterocycles. The van der Waals surface area contributed by atoms with Crippen LogP contribution in [0.15, 0.2) is 65.5 Å². The number of carbonyl (C=O) groups excluding carboxylic acids is 1. The quantitative estimate of drug-likeness (QED) is 0.683. The van der Waals surface area contributed by atoms with Gasteiger partial charge in [-0.3, -0.25) is 9.59 Å². The number of aryl methyl sites for hydroxylation is 1. The van der Waals surface area contributed by atoms with Gasteiger partial charge in [-0.25, -0.2) is 9.07 Å². The molecule has 3 aromatic rings. The predicted molar refractivity (Wildman–Crippen MR) is 103 cm³/mol. The monoisotopic (exact) mass is 381 g/mol. The molecule has 1 aromatic heterocycles. The number of amides is 1. The van der Waals surface area contributed by atoms with E-state index in [9.17, 15) is 14.0 Å². The molecule has 0 spiro atoms. The molecule has 0 aliphatic heterocycles. The molecular weight excluding hydrogens is 361 g/mol. The average molecular weight is 381 g/mol. The van der Waals surface area contributed by atoms with Gasteiger partial charge in [0.1, 0.15) is 11.6 Å². The van der Waals surface area contributed by atoms with E-state index in [4.69, 9.17) is 4.74 Å². The topological polar surface area (TPSA) is 73.2 Å². The van der Waals surface area contributed by atoms with Crippen LogP contribution in [0.5, 0.6) is 5.75 Å². The molecule has 6 nitrogen and oxygen atoms in total. The summed E-state index contributed by atoms with van der Waals surface area (Å²) in [5, 5.41) is 6.98. The summed E-state index contributed by atoms with van der Waals surface area (Å²) < 4.78 is 20.0. The van der Waals surface area contributed by atoms with Crippen LogP contribution in [0.4, 0.5) is 4.39 Å². The maximum atomic E-state index is 13.6. The van der Waals surface area contributed by atoms with Crippen molar-refractivity contribution in [3.05, 3.63) is 82.4 Å². The third kappa shape index (κ3) is 4.82. The van der Waals surface area contributed by atoms with Crippen LogP contribution in [0.2, 0.25) is 0 Å². The van der Waals surface area contributed by atoms with E-state index in [2.05, 4.69) is 10.4 Å². The summed E-state index contributed by atoms with van der Waals surface area (Å²) in [6.45, 7) is 0.220. The molecule has 0 bridgehead atoms. The summed E-state index contributed by atoms with van der Waals surface area (Å²) in [6.07, 6.45) is 0.0585. The summed E-state index contributed by atoms with van der Waals surface area (Å²) in [7, 11) is 1.58. The average Bonchev–Trinajstić information content (AvgIpc) is 2.72. The first-order valence-electron chi connectivity index (χ1n) is 8.79. The maximum absolute atomic E-state index is 13.6. The lowest BCUT2D eigenvalue weighted by Crippen LogP contribution is -2.28. The van der Waals surface area contributed by atoms with E-state index in [-0.39, 0.29) is 36.8 Å². The summed E-state index contributed by atoms with van der Waals surface area (Å²) in [5.41, 5.74) is 1.52. The first-order chi connectivity index (χ1) is 13.6. The number of benzene rings is 2. The number of nitrogens with zero attached hydrogens (tertiary/aromatic N) is 2. The fourth-order valence-electron chi connectivity index (χ4n) is 2.68. The molecular formula is C21H20FN3O3. The Kier molecular flexibility index (Phi) is 6.16. The van der Waals surface area contributed by atoms with Crippen molar-refractivity contribution in [3.63, 3.8) is 0 Å². The fourth-order valence-corrected chi connectivity index (χ4v) is 2.68. The van der Waals surface area contributed by atoms with Crippen molar-refractivity contribution in [1.29, 1.82) is 0 Å². The fraction of sp³-hybridized carbons (Fsp3) is 0.190. The van der Waals surface area contributed by atoms with Crippen LogP contribution < -0.4 is 15.6 Å². The highest BCUT2D eigenvalue weighted by atomic mass is 19.1. The molecule has 0 aliphatic carbocycles. The minimum atomic E-state index is -0.369. The summed E-state index contributed by atoms with van der Waals surface area (Å²) >= 11 is 0. The highest BCUT2D eigenvalue weighted by Crippen LogP contribution is 2.21. The van der Waals surface area contributed by atoms with Crippen LogP contribution in [0, 0.1) is 5.82 Å². The minimum Gasteiger partial charge on any atom is -0.497 e. The van der Waals surface area contributed by atoms with E-state index in [1.807, 2.05) is 24.3 Å². The standard InChI is InChI=1S/C21H20FN3O3/c1-28-17-7-4-6-15(13-17)19-9-10-21(27)25(24-19)12-11-20(26)23-14-16-5-2-3-8-18(16)22/h2-10,13H,11-12,14H2,1H3,(H,23,26). The lowest BCUT2D eigenvalue weighted by Gasteiger charge is -2.09. The molecule has 0 saturated carbocycles. The van der Waals surface area contributed by atoms with Crippen LogP contribution in [0.1, 0.15) is 12.0 Å². The molecule has 1 N–H and O–H groups in total. The van der Waals surface area contributed by atoms with Crippen LogP contribution >= 0.6 is 0 Å². The number of hydrogen-bond acceptors (Lipinski definition) is 4. The molecule has 1 amide bonds. The Hall–Kier alpha value is -3.48. The van der Waals surface area contributed by atoms with Gasteiger partial charge < -0.3 is 10.1 Å². The normalized spacial score (nSPS) is 10.5. The Morgan fingerprint density at radius 3 is 2.75 bits per heavy atom. The third-order valence-corrected chi connectivity index (χ3v) is 4.22. The van der Waals surface area contributed by atoms with Gasteiger partial charge in [-0.15, -0.1) is 0 Å². The highest BCUT2D eigenvalue weighted by Gasteiger charge is 2.08. The Labute approximate surface area is 161 Å². The van der Waals surface area contributed by atoms with Crippen LogP contribution in [0.3, 0.4) is 0 Å². The zero-order valence-corrected chi connectivity index (χ0v) is 15.4. The van der Waals surface area contributed by atoms with Crippen molar-refractivity contribution < 1.29 is 13.9 Å². The Bertz CT molecular complexity index is 1030. The minimum absolute atomic E-state index is 0.0585. The summed E-state index contributed by atoms with van der Waals surface area (Å²) in [4.78, 5) is 24.1. The number of rotatable bonds is 7. The van der Waals surface area contributed by atoms with Gasteiger partial charge in [0.2, 0.25) is 5.91 Å². The van der Waals surface area contributed by atoms with Crippen molar-refractivity contribution in [2.45, 2.75) is 19.5 Å². The highest BCUT2D eigenvalue weighted by molar-refractivity contribution is 5.75. The van der Waals surface area contributed by atoms with Gasteiger partial charge in [-0.1, -0.05) is 30.3 Å². The van der Waals surface area contributed by atoms with Gasteiger partial charge in [0.15, 0.2) is 0 Å². The SMILES string of the molecule is COc1cccc(-c2ccc(=O)n(CCC(=O)NCc3ccccc3F)n2)c1. The Morgan fingerprint density at radius 1 is 1.14 bits per heavy atom. The van der Waals surface area contributed by atoms with Gasteiger partial charge in [-0.2, -0.15) is 5.10 Å². The molecule has 0 atom stereocenters. The molecule has 28 heavy (non-hydrogen) atoms. The van der Waals surface area contributed by atoms with Crippen LogP contribution in [0.25, 0.3) is 11.3 Å². The van der Waals surface area contributed by atoms with Gasteiger partial charge in [0.25, 0.3) is 5.56 Å². The second kappa shape index (κ2) is 8.94. The van der Waals surface area contributed by atoms with E-state index in [1.54, 1.807) is 31.4 Å². The lowest BCUT2D eigenvalue weighted by molar-refractivity contribution is -0.121. The molecule has 3 rings (SSSR count). The van der Waals surface area contributed by atoms with E-state index < -0.39 is 0 Å². The molecule has 0 aliphatic rings. The largest absolute Gasteiger partial charge is 0.497 e. The lowest BCUT2D eigenvalue weighted by atomic mass is 10.1. The molecule has 0 fully saturated rings. The number of ether oxygens (including phenoxy) is 1. The van der Waals surface area contributed by atoms with Gasteiger partial charge in [-0.05, 0) is 24.3 Å². The van der Waals surface area contributed by atoms with Gasteiger partial charge in [0.05, 0.1) is 19.3 Å². The second-order valence-corrected chi connectivity index (χ2v) is 6.13. The summed E-state index contributed by atoms with van der Waals surface area (Å²) in [5.74, 6) is 0.0278. The van der Waals surface area contributed by atoms with Crippen molar-refractivity contribution in [2.24, 2.45) is 0 Å². The zero-order valence-electron chi connectivity index (χ0n) is 15.4. The Morgan fingerprint density at radius 2 is 1.96 bits per heavy atom. The van der Waals surface area contributed by atoms with Crippen LogP contribution in [-0.2, 0) is 17.9 Å². The van der Waals surface area contributed by atoms with Crippen molar-refractivity contribution in [3.8, 4) is 17.0 Å². The molecule has 1 heterocycles. The number of methoxy groups -OCH3 is 1. The smallest absolute Gasteiger partial charge is 0.266 e. The summed E-state index contributed by atoms with van der Waals surface area (Å²) in [6, 6.07) is 16.6. The zero-order chi connectivity index (χ0) is 19.9. The van der Waals surface area contributed by atoms with Gasteiger partial charge >= 0.3 is 0 Å². The number of hydrogen-bond donors (Lipinski definition) is 1. The van der Waals surface area contributed by atoms with E-state index in [1.165, 1.54) is 16.8 Å². The number of nitrogens with one attached hydrogen (secondary N) is 1. The Balaban J connectivity index is 1.64. The first kappa shape index (κ1) is 19.3. The number of halogens is 1. The van der Waals surface area contributed by atoms with E-state index >= 15 is 0 Å². The van der Waals surface area contributed by atoms with Crippen molar-refractivity contribution in [1.82, 2.24) is 15.1 Å². The predicted octanol–water partition coefficient (Wildman–Crippen LogP) is 2.76. The number of carbonyl (C=O) groups is 1. The first-order valence-corrected chi connectivity index (χ1v) is 8.79. The molecule has 0 unspecified atom stereocenters. The third-order valence-electron chi connectivity index (χ3n) is 4.22. The van der Waals surface area contributed by atoms with Gasteiger partial charge in [0, 0.05) is 30.2 Å². The van der Waals surface area contributed by atoms with Crippen LogP contribution in [-0.4, -0.2) is 22.8 Å². The maximum Gasteiger partial charge on any atom is 0.266 e. The van der Waals surface area contributed by atoms with E-state index in [0.29, 0.717) is 17.0 Å². The molecule has 7 heteroatoms. The van der Waals surface area contributed by atoms with Crippen molar-refractivity contribution in [2.75, 3.05) is 7.11 Å². The van der Waals surface area contributed by atoms with Crippen molar-refractivity contribution >= 4 is 5.91 Å².